The van der Waals surface area contributed by atoms with E-state index in [0.717, 1.165) is 28.7 Å². The maximum Gasteiger partial charge on any atom is 0.410 e. The molecule has 2 amide bonds. The van der Waals surface area contributed by atoms with Crippen LogP contribution in [-0.2, 0) is 22.5 Å². The number of ether oxygens (including phenoxy) is 1. The van der Waals surface area contributed by atoms with Crippen LogP contribution in [0, 0.1) is 17.5 Å². The van der Waals surface area contributed by atoms with Crippen molar-refractivity contribution in [3.63, 3.8) is 0 Å². The molecule has 0 unspecified atom stereocenters. The van der Waals surface area contributed by atoms with Crippen molar-refractivity contribution in [3.8, 4) is 0 Å². The quantitative estimate of drug-likeness (QED) is 0.575. The van der Waals surface area contributed by atoms with Gasteiger partial charge in [-0.25, -0.2) is 18.0 Å². The van der Waals surface area contributed by atoms with E-state index in [-0.39, 0.29) is 6.61 Å². The smallest absolute Gasteiger partial charge is 0.410 e. The number of fused-ring (bicyclic) bond motifs is 1. The average molecular weight is 425 g/mol. The number of nitrogens with two attached hydrogens (primary N) is 1. The first-order chi connectivity index (χ1) is 13.8. The molecule has 6 nitrogen and oxygen atoms in total. The highest BCUT2D eigenvalue weighted by atomic mass is 32.1. The molecule has 3 rings (SSSR count). The zero-order valence-electron chi connectivity index (χ0n) is 15.4. The van der Waals surface area contributed by atoms with Crippen LogP contribution in [0.1, 0.15) is 22.9 Å². The van der Waals surface area contributed by atoms with Gasteiger partial charge in [-0.05, 0) is 37.1 Å². The molecule has 0 aliphatic carbocycles. The number of thiophene rings is 1. The Kier molecular flexibility index (Phi) is 6.12. The van der Waals surface area contributed by atoms with Gasteiger partial charge >= 0.3 is 6.09 Å². The molecule has 29 heavy (non-hydrogen) atoms. The van der Waals surface area contributed by atoms with Gasteiger partial charge in [0.2, 0.25) is 5.91 Å². The van der Waals surface area contributed by atoms with E-state index in [4.69, 9.17) is 10.5 Å². The molecule has 0 saturated heterocycles. The Bertz CT molecular complexity index is 991. The highest BCUT2D eigenvalue weighted by Gasteiger charge is 2.27. The second-order valence-corrected chi connectivity index (χ2v) is 7.30. The van der Waals surface area contributed by atoms with E-state index in [2.05, 4.69) is 5.32 Å². The molecule has 2 aromatic rings. The topological polar surface area (TPSA) is 84.7 Å². The lowest BCUT2D eigenvalue weighted by atomic mass is 10.1. The van der Waals surface area contributed by atoms with Crippen molar-refractivity contribution in [1.82, 2.24) is 4.90 Å². The molecule has 1 aliphatic heterocycles. The van der Waals surface area contributed by atoms with E-state index in [1.165, 1.54) is 11.3 Å². The fourth-order valence-corrected chi connectivity index (χ4v) is 4.09. The molecule has 10 heteroatoms. The van der Waals surface area contributed by atoms with Gasteiger partial charge in [0.25, 0.3) is 0 Å². The van der Waals surface area contributed by atoms with E-state index in [1.807, 2.05) is 0 Å². The van der Waals surface area contributed by atoms with Gasteiger partial charge in [-0.2, -0.15) is 0 Å². The first-order valence-corrected chi connectivity index (χ1v) is 9.57. The summed E-state index contributed by atoms with van der Waals surface area (Å²) < 4.78 is 45.5. The third-order valence-corrected chi connectivity index (χ3v) is 5.49. The minimum atomic E-state index is -1.38. The number of nitrogens with one attached hydrogen (secondary N) is 1. The fourth-order valence-electron chi connectivity index (χ4n) is 2.90. The number of benzene rings is 1. The average Bonchev–Trinajstić information content (AvgIpc) is 3.00. The standard InChI is InChI=1S/C19H18F3N3O3S/c1-2-28-19(27)25-8-7-11-14(9-25)29-18(17(11)23)24-15(26)6-3-10-12(20)4-5-13(21)16(10)22/h3-6H,2,7-9,23H2,1H3,(H,24,26)/b6-3+. The van der Waals surface area contributed by atoms with Crippen molar-refractivity contribution in [2.45, 2.75) is 19.9 Å². The molecular formula is C19H18F3N3O3S. The number of amides is 2. The van der Waals surface area contributed by atoms with Crippen LogP contribution in [-0.4, -0.2) is 30.1 Å². The van der Waals surface area contributed by atoms with Crippen LogP contribution in [0.3, 0.4) is 0 Å². The number of nitrogens with zero attached hydrogens (tertiary/aromatic N) is 1. The van der Waals surface area contributed by atoms with Gasteiger partial charge in [0.1, 0.15) is 10.8 Å². The first-order valence-electron chi connectivity index (χ1n) is 8.76. The Balaban J connectivity index is 1.73. The van der Waals surface area contributed by atoms with Gasteiger partial charge in [0.05, 0.1) is 18.8 Å². The second kappa shape index (κ2) is 8.56. The number of rotatable bonds is 4. The molecule has 154 valence electrons. The van der Waals surface area contributed by atoms with Crippen molar-refractivity contribution in [2.24, 2.45) is 0 Å². The predicted molar refractivity (Wildman–Crippen MR) is 104 cm³/mol. The maximum absolute atomic E-state index is 13.7. The maximum atomic E-state index is 13.7. The molecule has 3 N–H and O–H groups in total. The predicted octanol–water partition coefficient (Wildman–Crippen LogP) is 3.91. The molecule has 0 atom stereocenters. The van der Waals surface area contributed by atoms with Gasteiger partial charge in [-0.1, -0.05) is 0 Å². The molecule has 2 heterocycles. The Morgan fingerprint density at radius 3 is 2.76 bits per heavy atom. The highest BCUT2D eigenvalue weighted by Crippen LogP contribution is 2.39. The summed E-state index contributed by atoms with van der Waals surface area (Å²) in [7, 11) is 0. The third kappa shape index (κ3) is 4.37. The molecule has 0 fully saturated rings. The second-order valence-electron chi connectivity index (χ2n) is 6.20. The van der Waals surface area contributed by atoms with Crippen LogP contribution in [0.15, 0.2) is 18.2 Å². The van der Waals surface area contributed by atoms with Crippen LogP contribution in [0.2, 0.25) is 0 Å². The summed E-state index contributed by atoms with van der Waals surface area (Å²) in [4.78, 5) is 26.4. The summed E-state index contributed by atoms with van der Waals surface area (Å²) in [5, 5.41) is 2.93. The molecule has 0 radical (unpaired) electrons. The summed E-state index contributed by atoms with van der Waals surface area (Å²) >= 11 is 1.21. The van der Waals surface area contributed by atoms with Gasteiger partial charge in [0, 0.05) is 23.1 Å². The van der Waals surface area contributed by atoms with Crippen molar-refractivity contribution in [2.75, 3.05) is 24.2 Å². The minimum absolute atomic E-state index is 0.273. The number of carbonyl (C=O) groups is 2. The normalized spacial score (nSPS) is 13.4. The highest BCUT2D eigenvalue weighted by molar-refractivity contribution is 7.17. The van der Waals surface area contributed by atoms with E-state index in [0.29, 0.717) is 36.3 Å². The summed E-state index contributed by atoms with van der Waals surface area (Å²) in [6.07, 6.45) is 1.85. The minimum Gasteiger partial charge on any atom is -0.450 e. The van der Waals surface area contributed by atoms with E-state index < -0.39 is 35.0 Å². The van der Waals surface area contributed by atoms with Crippen LogP contribution >= 0.6 is 11.3 Å². The molecular weight excluding hydrogens is 407 g/mol. The SMILES string of the molecule is CCOC(=O)N1CCc2c(sc(NC(=O)/C=C/c3c(F)ccc(F)c3F)c2N)C1. The van der Waals surface area contributed by atoms with Crippen LogP contribution in [0.5, 0.6) is 0 Å². The van der Waals surface area contributed by atoms with Crippen molar-refractivity contribution in [3.05, 3.63) is 51.7 Å². The van der Waals surface area contributed by atoms with Gasteiger partial charge < -0.3 is 20.7 Å². The fraction of sp³-hybridized carbons (Fsp3) is 0.263. The molecule has 1 aromatic carbocycles. The van der Waals surface area contributed by atoms with Crippen molar-refractivity contribution >= 4 is 40.1 Å². The van der Waals surface area contributed by atoms with Crippen LogP contribution in [0.4, 0.5) is 28.7 Å². The number of hydrogen-bond donors (Lipinski definition) is 2. The number of anilines is 2. The Hall–Kier alpha value is -3.01. The van der Waals surface area contributed by atoms with E-state index in [9.17, 15) is 22.8 Å². The number of hydrogen-bond acceptors (Lipinski definition) is 5. The zero-order valence-corrected chi connectivity index (χ0v) is 16.2. The van der Waals surface area contributed by atoms with Crippen LogP contribution < -0.4 is 11.1 Å². The lowest BCUT2D eigenvalue weighted by molar-refractivity contribution is -0.111. The monoisotopic (exact) mass is 425 g/mol. The van der Waals surface area contributed by atoms with Crippen LogP contribution in [0.25, 0.3) is 6.08 Å². The van der Waals surface area contributed by atoms with Gasteiger partial charge in [-0.15, -0.1) is 11.3 Å². The van der Waals surface area contributed by atoms with Gasteiger partial charge in [-0.3, -0.25) is 4.79 Å². The summed E-state index contributed by atoms with van der Waals surface area (Å²) in [6.45, 7) is 2.75. The summed E-state index contributed by atoms with van der Waals surface area (Å²) in [5.41, 5.74) is 6.68. The van der Waals surface area contributed by atoms with Crippen molar-refractivity contribution in [1.29, 1.82) is 0 Å². The lowest BCUT2D eigenvalue weighted by Crippen LogP contribution is -2.35. The van der Waals surface area contributed by atoms with E-state index >= 15 is 0 Å². The largest absolute Gasteiger partial charge is 0.450 e. The Morgan fingerprint density at radius 2 is 2.03 bits per heavy atom. The number of carbonyl (C=O) groups excluding carboxylic acids is 2. The molecule has 1 aliphatic rings. The first kappa shape index (κ1) is 20.7. The zero-order chi connectivity index (χ0) is 21.1. The van der Waals surface area contributed by atoms with Crippen molar-refractivity contribution < 1.29 is 27.5 Å². The molecule has 1 aromatic heterocycles. The van der Waals surface area contributed by atoms with Gasteiger partial charge in [0.15, 0.2) is 11.6 Å². The molecule has 0 bridgehead atoms. The van der Waals surface area contributed by atoms with E-state index in [1.54, 1.807) is 11.8 Å². The third-order valence-electron chi connectivity index (χ3n) is 4.34. The number of nitrogen functional groups attached to an aromatic ring is 1. The summed E-state index contributed by atoms with van der Waals surface area (Å²) in [5.74, 6) is -4.26. The Labute approximate surface area is 168 Å². The summed E-state index contributed by atoms with van der Waals surface area (Å²) in [6, 6.07) is 1.44. The lowest BCUT2D eigenvalue weighted by Gasteiger charge is -2.26. The Morgan fingerprint density at radius 1 is 1.31 bits per heavy atom. The molecule has 0 saturated carbocycles. The number of halogens is 3. The molecule has 0 spiro atoms.